The molecule has 1 heterocycles. The lowest BCUT2D eigenvalue weighted by atomic mass is 10.1. The first-order chi connectivity index (χ1) is 13.5. The fraction of sp³-hybridized carbons (Fsp3) is 0.150. The maximum atomic E-state index is 12.4. The van der Waals surface area contributed by atoms with Crippen LogP contribution in [0.3, 0.4) is 0 Å². The molecular weight excluding hydrogens is 364 g/mol. The van der Waals surface area contributed by atoms with Gasteiger partial charge in [-0.15, -0.1) is 0 Å². The van der Waals surface area contributed by atoms with E-state index in [1.54, 1.807) is 30.3 Å². The summed E-state index contributed by atoms with van der Waals surface area (Å²) in [4.78, 5) is 22.8. The highest BCUT2D eigenvalue weighted by molar-refractivity contribution is 6.02. The molecule has 28 heavy (non-hydrogen) atoms. The molecule has 1 N–H and O–H groups in total. The molecule has 3 rings (SSSR count). The standard InChI is InChI=1S/C20H18N2O6/c1-3-27-15-7-4-13(5-8-15)21-20(23)18-11-10-17(28-18)16-9-6-14(22(24)25)12-19(16)26-2/h4-12H,3H2,1-2H3,(H,21,23). The number of carbonyl (C=O) groups excluding carboxylic acids is 1. The van der Waals surface area contributed by atoms with E-state index in [0.29, 0.717) is 29.4 Å². The molecule has 8 nitrogen and oxygen atoms in total. The molecule has 0 aliphatic rings. The zero-order chi connectivity index (χ0) is 20.1. The number of non-ortho nitro benzene ring substituents is 1. The topological polar surface area (TPSA) is 104 Å². The van der Waals surface area contributed by atoms with Crippen molar-refractivity contribution in [3.63, 3.8) is 0 Å². The molecule has 1 aromatic heterocycles. The van der Waals surface area contributed by atoms with Crippen LogP contribution in [-0.2, 0) is 0 Å². The molecule has 3 aromatic rings. The number of nitrogens with one attached hydrogen (secondary N) is 1. The number of nitro groups is 1. The zero-order valence-electron chi connectivity index (χ0n) is 15.3. The van der Waals surface area contributed by atoms with Gasteiger partial charge < -0.3 is 19.2 Å². The van der Waals surface area contributed by atoms with Gasteiger partial charge in [0.1, 0.15) is 17.3 Å². The number of hydrogen-bond donors (Lipinski definition) is 1. The average molecular weight is 382 g/mol. The van der Waals surface area contributed by atoms with Crippen molar-refractivity contribution in [1.29, 1.82) is 0 Å². The van der Waals surface area contributed by atoms with Gasteiger partial charge in [-0.2, -0.15) is 0 Å². The highest BCUT2D eigenvalue weighted by atomic mass is 16.6. The number of hydrogen-bond acceptors (Lipinski definition) is 6. The SMILES string of the molecule is CCOc1ccc(NC(=O)c2ccc(-c3ccc([N+](=O)[O-])cc3OC)o2)cc1. The molecule has 2 aromatic carbocycles. The minimum atomic E-state index is -0.510. The van der Waals surface area contributed by atoms with Gasteiger partial charge in [0, 0.05) is 11.8 Å². The minimum Gasteiger partial charge on any atom is -0.496 e. The third-order valence-electron chi connectivity index (χ3n) is 3.91. The predicted molar refractivity (Wildman–Crippen MR) is 103 cm³/mol. The summed E-state index contributed by atoms with van der Waals surface area (Å²) < 4.78 is 16.2. The van der Waals surface area contributed by atoms with E-state index in [1.807, 2.05) is 6.92 Å². The second kappa shape index (κ2) is 8.26. The Kier molecular flexibility index (Phi) is 5.59. The van der Waals surface area contributed by atoms with Crippen LogP contribution in [0.4, 0.5) is 11.4 Å². The Morgan fingerprint density at radius 3 is 2.54 bits per heavy atom. The first kappa shape index (κ1) is 19.0. The van der Waals surface area contributed by atoms with E-state index in [-0.39, 0.29) is 17.2 Å². The van der Waals surface area contributed by atoms with E-state index in [4.69, 9.17) is 13.9 Å². The Bertz CT molecular complexity index is 994. The third kappa shape index (κ3) is 4.12. The normalized spacial score (nSPS) is 10.4. The van der Waals surface area contributed by atoms with E-state index in [1.165, 1.54) is 31.4 Å². The van der Waals surface area contributed by atoms with Gasteiger partial charge >= 0.3 is 0 Å². The molecule has 0 aliphatic heterocycles. The van der Waals surface area contributed by atoms with Crippen molar-refractivity contribution < 1.29 is 23.6 Å². The number of amides is 1. The van der Waals surface area contributed by atoms with Crippen molar-refractivity contribution in [3.05, 3.63) is 70.5 Å². The van der Waals surface area contributed by atoms with Crippen LogP contribution in [0.25, 0.3) is 11.3 Å². The largest absolute Gasteiger partial charge is 0.496 e. The van der Waals surface area contributed by atoms with Crippen molar-refractivity contribution >= 4 is 17.3 Å². The number of rotatable bonds is 7. The lowest BCUT2D eigenvalue weighted by Crippen LogP contribution is -2.10. The number of nitrogens with zero attached hydrogens (tertiary/aromatic N) is 1. The summed E-state index contributed by atoms with van der Waals surface area (Å²) >= 11 is 0. The third-order valence-corrected chi connectivity index (χ3v) is 3.91. The first-order valence-corrected chi connectivity index (χ1v) is 8.48. The van der Waals surface area contributed by atoms with Crippen LogP contribution >= 0.6 is 0 Å². The van der Waals surface area contributed by atoms with Crippen LogP contribution in [0.1, 0.15) is 17.5 Å². The number of nitro benzene ring substituents is 1. The quantitative estimate of drug-likeness (QED) is 0.476. The summed E-state index contributed by atoms with van der Waals surface area (Å²) in [6.45, 7) is 2.46. The fourth-order valence-electron chi connectivity index (χ4n) is 2.60. The summed E-state index contributed by atoms with van der Waals surface area (Å²) in [5, 5.41) is 13.6. The minimum absolute atomic E-state index is 0.0966. The van der Waals surface area contributed by atoms with Gasteiger partial charge in [0.2, 0.25) is 0 Å². The molecule has 0 saturated heterocycles. The number of anilines is 1. The summed E-state index contributed by atoms with van der Waals surface area (Å²) in [5.41, 5.74) is 1.01. The summed E-state index contributed by atoms with van der Waals surface area (Å²) in [5.74, 6) is 1.04. The second-order valence-electron chi connectivity index (χ2n) is 5.72. The van der Waals surface area contributed by atoms with Gasteiger partial charge in [0.05, 0.1) is 30.3 Å². The van der Waals surface area contributed by atoms with Crippen LogP contribution in [0.2, 0.25) is 0 Å². The maximum absolute atomic E-state index is 12.4. The van der Waals surface area contributed by atoms with Crippen LogP contribution < -0.4 is 14.8 Å². The molecule has 0 spiro atoms. The van der Waals surface area contributed by atoms with E-state index >= 15 is 0 Å². The zero-order valence-corrected chi connectivity index (χ0v) is 15.3. The monoisotopic (exact) mass is 382 g/mol. The molecule has 0 fully saturated rings. The lowest BCUT2D eigenvalue weighted by Gasteiger charge is -2.07. The van der Waals surface area contributed by atoms with E-state index < -0.39 is 10.8 Å². The Hall–Kier alpha value is -3.81. The van der Waals surface area contributed by atoms with Crippen LogP contribution in [0.15, 0.2) is 59.0 Å². The summed E-state index contributed by atoms with van der Waals surface area (Å²) in [6, 6.07) is 14.3. The molecule has 0 atom stereocenters. The van der Waals surface area contributed by atoms with Gasteiger partial charge in [-0.25, -0.2) is 0 Å². The molecule has 8 heteroatoms. The Morgan fingerprint density at radius 2 is 1.89 bits per heavy atom. The van der Waals surface area contributed by atoms with Crippen molar-refractivity contribution in [2.24, 2.45) is 0 Å². The van der Waals surface area contributed by atoms with Crippen molar-refractivity contribution in [3.8, 4) is 22.8 Å². The first-order valence-electron chi connectivity index (χ1n) is 8.48. The number of methoxy groups -OCH3 is 1. The van der Waals surface area contributed by atoms with Gasteiger partial charge in [-0.05, 0) is 49.4 Å². The molecular formula is C20H18N2O6. The van der Waals surface area contributed by atoms with Gasteiger partial charge in [0.25, 0.3) is 11.6 Å². The molecule has 0 radical (unpaired) electrons. The maximum Gasteiger partial charge on any atom is 0.291 e. The average Bonchev–Trinajstić information content (AvgIpc) is 3.19. The van der Waals surface area contributed by atoms with Crippen molar-refractivity contribution in [2.75, 3.05) is 19.0 Å². The Balaban J connectivity index is 1.78. The van der Waals surface area contributed by atoms with Crippen molar-refractivity contribution in [2.45, 2.75) is 6.92 Å². The summed E-state index contributed by atoms with van der Waals surface area (Å²) in [6.07, 6.45) is 0. The van der Waals surface area contributed by atoms with E-state index in [2.05, 4.69) is 5.32 Å². The lowest BCUT2D eigenvalue weighted by molar-refractivity contribution is -0.384. The molecule has 144 valence electrons. The van der Waals surface area contributed by atoms with Crippen LogP contribution in [0.5, 0.6) is 11.5 Å². The van der Waals surface area contributed by atoms with Gasteiger partial charge in [0.15, 0.2) is 5.76 Å². The Labute approximate surface area is 160 Å². The van der Waals surface area contributed by atoms with E-state index in [0.717, 1.165) is 0 Å². The highest BCUT2D eigenvalue weighted by Gasteiger charge is 2.17. The summed E-state index contributed by atoms with van der Waals surface area (Å²) in [7, 11) is 1.41. The highest BCUT2D eigenvalue weighted by Crippen LogP contribution is 2.34. The molecule has 0 aliphatic carbocycles. The smallest absolute Gasteiger partial charge is 0.291 e. The molecule has 1 amide bonds. The molecule has 0 saturated carbocycles. The van der Waals surface area contributed by atoms with Gasteiger partial charge in [-0.3, -0.25) is 14.9 Å². The van der Waals surface area contributed by atoms with Crippen LogP contribution in [0, 0.1) is 10.1 Å². The number of benzene rings is 2. The molecule has 0 unspecified atom stereocenters. The number of ether oxygens (including phenoxy) is 2. The molecule has 0 bridgehead atoms. The van der Waals surface area contributed by atoms with Crippen molar-refractivity contribution in [1.82, 2.24) is 0 Å². The number of carbonyl (C=O) groups is 1. The predicted octanol–water partition coefficient (Wildman–Crippen LogP) is 4.51. The Morgan fingerprint density at radius 1 is 1.14 bits per heavy atom. The fourth-order valence-corrected chi connectivity index (χ4v) is 2.60. The second-order valence-corrected chi connectivity index (χ2v) is 5.72. The van der Waals surface area contributed by atoms with E-state index in [9.17, 15) is 14.9 Å². The van der Waals surface area contributed by atoms with Gasteiger partial charge in [-0.1, -0.05) is 0 Å². The van der Waals surface area contributed by atoms with Crippen LogP contribution in [-0.4, -0.2) is 24.5 Å². The number of furan rings is 1.